The van der Waals surface area contributed by atoms with Crippen LogP contribution in [0.4, 0.5) is 5.69 Å². The van der Waals surface area contributed by atoms with Gasteiger partial charge >= 0.3 is 0 Å². The van der Waals surface area contributed by atoms with E-state index in [0.29, 0.717) is 6.54 Å². The molecule has 2 aromatic carbocycles. The molecular formula is C21H21N5OS. The van der Waals surface area contributed by atoms with E-state index >= 15 is 0 Å². The van der Waals surface area contributed by atoms with E-state index in [2.05, 4.69) is 15.4 Å². The van der Waals surface area contributed by atoms with E-state index in [4.69, 9.17) is 0 Å². The second-order valence-corrected chi connectivity index (χ2v) is 7.35. The highest BCUT2D eigenvalue weighted by Gasteiger charge is 2.13. The lowest BCUT2D eigenvalue weighted by atomic mass is 10.2. The molecule has 0 atom stereocenters. The number of hydrogen-bond donors (Lipinski definition) is 1. The van der Waals surface area contributed by atoms with E-state index in [9.17, 15) is 4.79 Å². The molecule has 0 radical (unpaired) electrons. The van der Waals surface area contributed by atoms with Crippen molar-refractivity contribution in [3.8, 4) is 0 Å². The molecule has 28 heavy (non-hydrogen) atoms. The molecule has 0 fully saturated rings. The standard InChI is InChI=1S/C21H21N5OS/c1-28-15-20-24-18-5-2-3-6-19(18)26(20)14-21(27)23-17-9-7-16(8-10-17)13-25-12-4-11-22-25/h2-12H,13-15H2,1H3,(H,23,27). The van der Waals surface area contributed by atoms with Crippen LogP contribution in [0.5, 0.6) is 0 Å². The fraction of sp³-hybridized carbons (Fsp3) is 0.190. The van der Waals surface area contributed by atoms with Crippen molar-refractivity contribution in [2.45, 2.75) is 18.8 Å². The number of amides is 1. The maximum absolute atomic E-state index is 12.6. The number of para-hydroxylation sites is 2. The lowest BCUT2D eigenvalue weighted by Crippen LogP contribution is -2.20. The summed E-state index contributed by atoms with van der Waals surface area (Å²) in [5.74, 6) is 1.62. The summed E-state index contributed by atoms with van der Waals surface area (Å²) >= 11 is 1.70. The third kappa shape index (κ3) is 4.09. The molecule has 6 nitrogen and oxygen atoms in total. The summed E-state index contributed by atoms with van der Waals surface area (Å²) in [5.41, 5.74) is 3.81. The van der Waals surface area contributed by atoms with Crippen molar-refractivity contribution >= 4 is 34.4 Å². The number of carbonyl (C=O) groups excluding carboxylic acids is 1. The predicted octanol–water partition coefficient (Wildman–Crippen LogP) is 3.78. The first-order chi connectivity index (χ1) is 13.7. The minimum absolute atomic E-state index is 0.0645. The molecule has 1 amide bonds. The number of hydrogen-bond acceptors (Lipinski definition) is 4. The van der Waals surface area contributed by atoms with Crippen LogP contribution >= 0.6 is 11.8 Å². The molecule has 1 N–H and O–H groups in total. The van der Waals surface area contributed by atoms with Gasteiger partial charge in [-0.25, -0.2) is 4.98 Å². The van der Waals surface area contributed by atoms with Gasteiger partial charge < -0.3 is 9.88 Å². The van der Waals surface area contributed by atoms with Crippen molar-refractivity contribution in [3.63, 3.8) is 0 Å². The van der Waals surface area contributed by atoms with Crippen molar-refractivity contribution < 1.29 is 4.79 Å². The second-order valence-electron chi connectivity index (χ2n) is 6.48. The third-order valence-corrected chi connectivity index (χ3v) is 5.00. The Morgan fingerprint density at radius 2 is 1.93 bits per heavy atom. The highest BCUT2D eigenvalue weighted by atomic mass is 32.2. The van der Waals surface area contributed by atoms with E-state index in [-0.39, 0.29) is 12.5 Å². The average Bonchev–Trinajstić information content (AvgIpc) is 3.32. The smallest absolute Gasteiger partial charge is 0.244 e. The Labute approximate surface area is 167 Å². The van der Waals surface area contributed by atoms with E-state index in [0.717, 1.165) is 33.9 Å². The summed E-state index contributed by atoms with van der Waals surface area (Å²) < 4.78 is 3.86. The molecule has 0 saturated carbocycles. The molecule has 7 heteroatoms. The Morgan fingerprint density at radius 1 is 1.11 bits per heavy atom. The number of thioether (sulfide) groups is 1. The summed E-state index contributed by atoms with van der Waals surface area (Å²) in [6.45, 7) is 0.950. The van der Waals surface area contributed by atoms with Crippen molar-refractivity contribution in [2.24, 2.45) is 0 Å². The normalized spacial score (nSPS) is 11.0. The van der Waals surface area contributed by atoms with E-state index in [1.54, 1.807) is 18.0 Å². The zero-order chi connectivity index (χ0) is 19.3. The number of nitrogens with one attached hydrogen (secondary N) is 1. The largest absolute Gasteiger partial charge is 0.325 e. The van der Waals surface area contributed by atoms with Gasteiger partial charge in [-0.2, -0.15) is 16.9 Å². The molecule has 2 heterocycles. The van der Waals surface area contributed by atoms with Gasteiger partial charge in [0.1, 0.15) is 12.4 Å². The summed E-state index contributed by atoms with van der Waals surface area (Å²) in [7, 11) is 0. The van der Waals surface area contributed by atoms with Gasteiger partial charge in [-0.15, -0.1) is 0 Å². The van der Waals surface area contributed by atoms with E-state index < -0.39 is 0 Å². The van der Waals surface area contributed by atoms with Gasteiger partial charge in [-0.1, -0.05) is 24.3 Å². The van der Waals surface area contributed by atoms with Crippen LogP contribution in [0.15, 0.2) is 67.0 Å². The molecule has 0 bridgehead atoms. The van der Waals surface area contributed by atoms with Crippen LogP contribution in [0.25, 0.3) is 11.0 Å². The Bertz CT molecular complexity index is 1070. The number of imidazole rings is 1. The van der Waals surface area contributed by atoms with Gasteiger partial charge in [0.05, 0.1) is 23.3 Å². The Balaban J connectivity index is 1.46. The van der Waals surface area contributed by atoms with Crippen molar-refractivity contribution in [1.29, 1.82) is 0 Å². The lowest BCUT2D eigenvalue weighted by molar-refractivity contribution is -0.116. The van der Waals surface area contributed by atoms with Crippen molar-refractivity contribution in [3.05, 3.63) is 78.4 Å². The summed E-state index contributed by atoms with van der Waals surface area (Å²) in [4.78, 5) is 17.3. The average molecular weight is 392 g/mol. The number of aromatic nitrogens is 4. The first-order valence-electron chi connectivity index (χ1n) is 9.02. The molecule has 4 aromatic rings. The summed E-state index contributed by atoms with van der Waals surface area (Å²) in [6.07, 6.45) is 5.73. The highest BCUT2D eigenvalue weighted by Crippen LogP contribution is 2.19. The predicted molar refractivity (Wildman–Crippen MR) is 113 cm³/mol. The molecule has 0 aliphatic carbocycles. The van der Waals surface area contributed by atoms with Gasteiger partial charge in [0, 0.05) is 18.1 Å². The van der Waals surface area contributed by atoms with Gasteiger partial charge in [0.15, 0.2) is 0 Å². The van der Waals surface area contributed by atoms with Crippen LogP contribution in [-0.2, 0) is 23.6 Å². The number of nitrogens with zero attached hydrogens (tertiary/aromatic N) is 4. The minimum atomic E-state index is -0.0645. The van der Waals surface area contributed by atoms with Crippen LogP contribution in [0.3, 0.4) is 0 Å². The van der Waals surface area contributed by atoms with Gasteiger partial charge in [-0.05, 0) is 42.2 Å². The van der Waals surface area contributed by atoms with Gasteiger partial charge in [-0.3, -0.25) is 9.48 Å². The first kappa shape index (κ1) is 18.3. The molecule has 0 aliphatic heterocycles. The number of fused-ring (bicyclic) bond motifs is 1. The number of benzene rings is 2. The fourth-order valence-electron chi connectivity index (χ4n) is 3.16. The monoisotopic (exact) mass is 391 g/mol. The number of anilines is 1. The van der Waals surface area contributed by atoms with Gasteiger partial charge in [0.25, 0.3) is 0 Å². The minimum Gasteiger partial charge on any atom is -0.325 e. The number of carbonyl (C=O) groups is 1. The fourth-order valence-corrected chi connectivity index (χ4v) is 3.64. The highest BCUT2D eigenvalue weighted by molar-refractivity contribution is 7.97. The van der Waals surface area contributed by atoms with Crippen LogP contribution in [-0.4, -0.2) is 31.5 Å². The molecule has 0 unspecified atom stereocenters. The molecular weight excluding hydrogens is 370 g/mol. The quantitative estimate of drug-likeness (QED) is 0.521. The SMILES string of the molecule is CSCc1nc2ccccc2n1CC(=O)Nc1ccc(Cn2cccn2)cc1. The lowest BCUT2D eigenvalue weighted by Gasteiger charge is -2.10. The molecule has 0 saturated heterocycles. The Kier molecular flexibility index (Phi) is 5.43. The summed E-state index contributed by atoms with van der Waals surface area (Å²) in [5, 5.41) is 7.19. The number of rotatable bonds is 7. The second kappa shape index (κ2) is 8.31. The molecule has 2 aromatic heterocycles. The summed E-state index contributed by atoms with van der Waals surface area (Å²) in [6, 6.07) is 17.7. The van der Waals surface area contributed by atoms with E-state index in [1.165, 1.54) is 0 Å². The van der Waals surface area contributed by atoms with E-state index in [1.807, 2.05) is 76.3 Å². The van der Waals surface area contributed by atoms with Crippen LogP contribution in [0, 0.1) is 0 Å². The maximum Gasteiger partial charge on any atom is 0.244 e. The van der Waals surface area contributed by atoms with Crippen molar-refractivity contribution in [1.82, 2.24) is 19.3 Å². The molecule has 0 aliphatic rings. The Morgan fingerprint density at radius 3 is 2.68 bits per heavy atom. The van der Waals surface area contributed by atoms with Gasteiger partial charge in [0.2, 0.25) is 5.91 Å². The van der Waals surface area contributed by atoms with Crippen LogP contribution in [0.2, 0.25) is 0 Å². The molecule has 4 rings (SSSR count). The third-order valence-electron chi connectivity index (χ3n) is 4.45. The zero-order valence-electron chi connectivity index (χ0n) is 15.6. The molecule has 142 valence electrons. The first-order valence-corrected chi connectivity index (χ1v) is 10.4. The zero-order valence-corrected chi connectivity index (χ0v) is 16.4. The van der Waals surface area contributed by atoms with Crippen molar-refractivity contribution in [2.75, 3.05) is 11.6 Å². The topological polar surface area (TPSA) is 64.7 Å². The van der Waals surface area contributed by atoms with Crippen LogP contribution in [0.1, 0.15) is 11.4 Å². The van der Waals surface area contributed by atoms with Crippen LogP contribution < -0.4 is 5.32 Å². The molecule has 0 spiro atoms. The maximum atomic E-state index is 12.6. The Hall–Kier alpha value is -3.06.